The van der Waals surface area contributed by atoms with E-state index in [4.69, 9.17) is 9.47 Å². The first kappa shape index (κ1) is 19.4. The average molecular weight is 381 g/mol. The Balaban J connectivity index is 2.17. The molecule has 0 bridgehead atoms. The molecule has 1 aliphatic rings. The monoisotopic (exact) mass is 381 g/mol. The topological polar surface area (TPSA) is 55.8 Å². The maximum atomic E-state index is 14.3. The number of methoxy groups -OCH3 is 1. The zero-order valence-corrected chi connectivity index (χ0v) is 15.9. The van der Waals surface area contributed by atoms with Crippen LogP contribution in [0.15, 0.2) is 65.4 Å². The van der Waals surface area contributed by atoms with E-state index in [0.717, 1.165) is 0 Å². The Bertz CT molecular complexity index is 994. The third-order valence-electron chi connectivity index (χ3n) is 4.40. The van der Waals surface area contributed by atoms with Crippen molar-refractivity contribution < 1.29 is 23.5 Å². The van der Waals surface area contributed by atoms with Gasteiger partial charge in [0.05, 0.1) is 30.6 Å². The van der Waals surface area contributed by atoms with E-state index in [1.165, 1.54) is 30.2 Å². The third kappa shape index (κ3) is 3.41. The van der Waals surface area contributed by atoms with Crippen LogP contribution in [0.5, 0.6) is 5.75 Å². The van der Waals surface area contributed by atoms with E-state index in [0.29, 0.717) is 23.6 Å². The molecule has 144 valence electrons. The molecule has 3 rings (SSSR count). The molecule has 0 N–H and O–H groups in total. The molecular weight excluding hydrogens is 361 g/mol. The van der Waals surface area contributed by atoms with Crippen molar-refractivity contribution in [1.82, 2.24) is 0 Å². The summed E-state index contributed by atoms with van der Waals surface area (Å²) in [5.41, 5.74) is 1.24. The van der Waals surface area contributed by atoms with E-state index < -0.39 is 17.7 Å². The van der Waals surface area contributed by atoms with E-state index >= 15 is 0 Å². The second kappa shape index (κ2) is 8.08. The number of carbonyl (C=O) groups is 2. The van der Waals surface area contributed by atoms with Crippen molar-refractivity contribution in [2.45, 2.75) is 13.8 Å². The molecule has 2 aromatic carbocycles. The molecule has 0 fully saturated rings. The summed E-state index contributed by atoms with van der Waals surface area (Å²) in [7, 11) is 1.24. The molecule has 28 heavy (non-hydrogen) atoms. The van der Waals surface area contributed by atoms with E-state index in [1.807, 2.05) is 13.0 Å². The summed E-state index contributed by atoms with van der Waals surface area (Å²) in [6.45, 7) is 3.90. The number of halogens is 1. The minimum Gasteiger partial charge on any atom is -0.493 e. The van der Waals surface area contributed by atoms with Gasteiger partial charge in [-0.3, -0.25) is 9.69 Å². The van der Waals surface area contributed by atoms with Crippen LogP contribution in [0.3, 0.4) is 0 Å². The Morgan fingerprint density at radius 3 is 2.50 bits per heavy atom. The molecule has 5 nitrogen and oxygen atoms in total. The normalized spacial score (nSPS) is 15.4. The minimum absolute atomic E-state index is 0.0768. The molecular formula is C22H20FNO4. The van der Waals surface area contributed by atoms with Crippen molar-refractivity contribution in [1.29, 1.82) is 0 Å². The largest absolute Gasteiger partial charge is 0.493 e. The number of esters is 1. The quantitative estimate of drug-likeness (QED) is 0.578. The van der Waals surface area contributed by atoms with Crippen LogP contribution in [0.4, 0.5) is 10.1 Å². The van der Waals surface area contributed by atoms with Gasteiger partial charge in [-0.1, -0.05) is 30.3 Å². The van der Waals surface area contributed by atoms with Gasteiger partial charge in [0.15, 0.2) is 0 Å². The Hall–Kier alpha value is -3.41. The van der Waals surface area contributed by atoms with E-state index in [9.17, 15) is 14.0 Å². The van der Waals surface area contributed by atoms with Crippen LogP contribution < -0.4 is 9.64 Å². The first-order chi connectivity index (χ1) is 13.5. The summed E-state index contributed by atoms with van der Waals surface area (Å²) < 4.78 is 24.8. The second-order valence-electron chi connectivity index (χ2n) is 6.07. The van der Waals surface area contributed by atoms with E-state index in [2.05, 4.69) is 0 Å². The van der Waals surface area contributed by atoms with Gasteiger partial charge in [0, 0.05) is 11.3 Å². The Labute approximate surface area is 162 Å². The fraction of sp³-hybridized carbons (Fsp3) is 0.182. The van der Waals surface area contributed by atoms with Gasteiger partial charge >= 0.3 is 5.97 Å². The van der Waals surface area contributed by atoms with Gasteiger partial charge in [0.2, 0.25) is 0 Å². The van der Waals surface area contributed by atoms with Gasteiger partial charge in [0.25, 0.3) is 5.91 Å². The zero-order valence-electron chi connectivity index (χ0n) is 15.9. The number of nitrogens with zero attached hydrogens (tertiary/aromatic N) is 1. The molecule has 0 saturated carbocycles. The van der Waals surface area contributed by atoms with Gasteiger partial charge < -0.3 is 9.47 Å². The van der Waals surface area contributed by atoms with Crippen molar-refractivity contribution in [3.63, 3.8) is 0 Å². The first-order valence-corrected chi connectivity index (χ1v) is 8.81. The summed E-state index contributed by atoms with van der Waals surface area (Å²) in [5, 5.41) is 0. The molecule has 1 aliphatic heterocycles. The molecule has 0 atom stereocenters. The number of carbonyl (C=O) groups excluding carboxylic acids is 2. The lowest BCUT2D eigenvalue weighted by atomic mass is 10.0. The maximum Gasteiger partial charge on any atom is 0.340 e. The predicted octanol–water partition coefficient (Wildman–Crippen LogP) is 4.10. The zero-order chi connectivity index (χ0) is 20.3. The Morgan fingerprint density at radius 1 is 1.14 bits per heavy atom. The number of ether oxygens (including phenoxy) is 2. The van der Waals surface area contributed by atoms with Gasteiger partial charge in [-0.15, -0.1) is 0 Å². The second-order valence-corrected chi connectivity index (χ2v) is 6.07. The average Bonchev–Trinajstić information content (AvgIpc) is 2.93. The highest BCUT2D eigenvalue weighted by molar-refractivity contribution is 6.24. The lowest BCUT2D eigenvalue weighted by Gasteiger charge is -2.18. The van der Waals surface area contributed by atoms with Crippen molar-refractivity contribution in [3.05, 3.63) is 76.8 Å². The number of benzene rings is 2. The highest BCUT2D eigenvalue weighted by Crippen LogP contribution is 2.37. The molecule has 0 saturated heterocycles. The Morgan fingerprint density at radius 2 is 1.82 bits per heavy atom. The Kier molecular flexibility index (Phi) is 5.59. The molecule has 0 spiro atoms. The minimum atomic E-state index is -0.662. The number of rotatable bonds is 5. The number of para-hydroxylation sites is 2. The number of anilines is 1. The standard InChI is InChI=1S/C22H20FNO4/c1-4-28-19-12-8-5-9-15(19)13-16-20(22(26)27-3)14(2)24(21(16)25)18-11-7-6-10-17(18)23/h5-13H,4H2,1-3H3/b16-13-. The van der Waals surface area contributed by atoms with Crippen LogP contribution in [0.25, 0.3) is 6.08 Å². The lowest BCUT2D eigenvalue weighted by Crippen LogP contribution is -2.25. The van der Waals surface area contributed by atoms with Gasteiger partial charge in [-0.05, 0) is 38.1 Å². The van der Waals surface area contributed by atoms with Gasteiger partial charge in [-0.2, -0.15) is 0 Å². The van der Waals surface area contributed by atoms with Crippen LogP contribution in [-0.2, 0) is 14.3 Å². The fourth-order valence-electron chi connectivity index (χ4n) is 3.15. The molecule has 1 heterocycles. The van der Waals surface area contributed by atoms with Gasteiger partial charge in [0.1, 0.15) is 11.6 Å². The van der Waals surface area contributed by atoms with Crippen molar-refractivity contribution >= 4 is 23.6 Å². The molecule has 1 amide bonds. The lowest BCUT2D eigenvalue weighted by molar-refractivity contribution is -0.136. The van der Waals surface area contributed by atoms with Crippen LogP contribution in [0.1, 0.15) is 19.4 Å². The maximum absolute atomic E-state index is 14.3. The number of hydrogen-bond acceptors (Lipinski definition) is 4. The molecule has 0 aliphatic carbocycles. The number of allylic oxidation sites excluding steroid dienone is 1. The summed E-state index contributed by atoms with van der Waals surface area (Å²) in [6.07, 6.45) is 1.57. The molecule has 0 aromatic heterocycles. The molecule has 0 unspecified atom stereocenters. The molecule has 0 radical (unpaired) electrons. The summed E-state index contributed by atoms with van der Waals surface area (Å²) in [6, 6.07) is 13.1. The highest BCUT2D eigenvalue weighted by Gasteiger charge is 2.38. The smallest absolute Gasteiger partial charge is 0.340 e. The summed E-state index contributed by atoms with van der Waals surface area (Å²) in [4.78, 5) is 26.8. The third-order valence-corrected chi connectivity index (χ3v) is 4.40. The van der Waals surface area contributed by atoms with E-state index in [-0.39, 0.29) is 16.8 Å². The first-order valence-electron chi connectivity index (χ1n) is 8.81. The van der Waals surface area contributed by atoms with E-state index in [1.54, 1.807) is 37.3 Å². The SMILES string of the molecule is CCOc1ccccc1/C=C1\C(=O)N(c2ccccc2F)C(C)=C1C(=O)OC. The van der Waals surface area contributed by atoms with Crippen LogP contribution in [0.2, 0.25) is 0 Å². The number of hydrogen-bond donors (Lipinski definition) is 0. The van der Waals surface area contributed by atoms with Gasteiger partial charge in [-0.25, -0.2) is 9.18 Å². The summed E-state index contributed by atoms with van der Waals surface area (Å²) >= 11 is 0. The van der Waals surface area contributed by atoms with Crippen LogP contribution in [0, 0.1) is 5.82 Å². The summed E-state index contributed by atoms with van der Waals surface area (Å²) in [5.74, 6) is -1.15. The molecule has 6 heteroatoms. The highest BCUT2D eigenvalue weighted by atomic mass is 19.1. The molecule has 2 aromatic rings. The van der Waals surface area contributed by atoms with Crippen molar-refractivity contribution in [2.24, 2.45) is 0 Å². The van der Waals surface area contributed by atoms with Crippen LogP contribution >= 0.6 is 0 Å². The predicted molar refractivity (Wildman–Crippen MR) is 104 cm³/mol. The number of amides is 1. The van der Waals surface area contributed by atoms with Crippen molar-refractivity contribution in [2.75, 3.05) is 18.6 Å². The van der Waals surface area contributed by atoms with Crippen molar-refractivity contribution in [3.8, 4) is 5.75 Å². The fourth-order valence-corrected chi connectivity index (χ4v) is 3.15. The van der Waals surface area contributed by atoms with Crippen LogP contribution in [-0.4, -0.2) is 25.6 Å².